The Morgan fingerprint density at radius 1 is 1.48 bits per heavy atom. The maximum Gasteiger partial charge on any atom is 0.337 e. The van der Waals surface area contributed by atoms with E-state index in [1.807, 2.05) is 7.05 Å². The van der Waals surface area contributed by atoms with Crippen LogP contribution in [-0.4, -0.2) is 61.4 Å². The molecule has 2 aliphatic rings. The molecule has 1 heterocycles. The van der Waals surface area contributed by atoms with Gasteiger partial charge in [-0.2, -0.15) is 0 Å². The van der Waals surface area contributed by atoms with Crippen molar-refractivity contribution < 1.29 is 19.4 Å². The maximum atomic E-state index is 11.9. The molecule has 1 saturated carbocycles. The van der Waals surface area contributed by atoms with Crippen molar-refractivity contribution in [1.29, 1.82) is 0 Å². The summed E-state index contributed by atoms with van der Waals surface area (Å²) >= 11 is 0. The number of aliphatic hydroxyl groups excluding tert-OH is 1. The molecule has 118 valence electrons. The smallest absolute Gasteiger partial charge is 0.337 e. The minimum Gasteiger partial charge on any atom is -0.463 e. The second-order valence-corrected chi connectivity index (χ2v) is 5.67. The lowest BCUT2D eigenvalue weighted by atomic mass is 9.82. The normalized spacial score (nSPS) is 25.2. The van der Waals surface area contributed by atoms with Gasteiger partial charge in [-0.25, -0.2) is 9.59 Å². The number of carbonyl (C=O) groups is 2. The fourth-order valence-electron chi connectivity index (χ4n) is 2.71. The number of rotatable bonds is 6. The van der Waals surface area contributed by atoms with Gasteiger partial charge in [0.25, 0.3) is 0 Å². The summed E-state index contributed by atoms with van der Waals surface area (Å²) in [6.45, 7) is 3.56. The summed E-state index contributed by atoms with van der Waals surface area (Å²) in [5.41, 5.74) is 1.07. The van der Waals surface area contributed by atoms with Crippen molar-refractivity contribution >= 4 is 12.0 Å². The molecule has 0 unspecified atom stereocenters. The first-order chi connectivity index (χ1) is 9.99. The van der Waals surface area contributed by atoms with E-state index >= 15 is 0 Å². The van der Waals surface area contributed by atoms with Crippen LogP contribution >= 0.6 is 0 Å². The van der Waals surface area contributed by atoms with Crippen LogP contribution < -0.4 is 10.6 Å². The zero-order valence-corrected chi connectivity index (χ0v) is 12.5. The minimum absolute atomic E-state index is 0.170. The third-order valence-electron chi connectivity index (χ3n) is 3.78. The second-order valence-electron chi connectivity index (χ2n) is 5.67. The van der Waals surface area contributed by atoms with Gasteiger partial charge in [-0.3, -0.25) is 0 Å². The standard InChI is InChI=1S/C14H23N3O4/c1-3-21-13(19)11-6-15-14(20)16-12(11)8-17(2)7-9-4-10(18)5-9/h9-10,18H,3-8H2,1-2H3,(H2,15,16,20). The summed E-state index contributed by atoms with van der Waals surface area (Å²) in [6, 6.07) is -0.300. The van der Waals surface area contributed by atoms with E-state index in [-0.39, 0.29) is 18.7 Å². The van der Waals surface area contributed by atoms with Crippen LogP contribution in [0, 0.1) is 5.92 Å². The first-order valence-electron chi connectivity index (χ1n) is 7.30. The van der Waals surface area contributed by atoms with Crippen LogP contribution in [-0.2, 0) is 9.53 Å². The van der Waals surface area contributed by atoms with Crippen LogP contribution in [0.1, 0.15) is 19.8 Å². The average Bonchev–Trinajstić information content (AvgIpc) is 2.37. The van der Waals surface area contributed by atoms with Gasteiger partial charge in [0, 0.05) is 18.8 Å². The summed E-state index contributed by atoms with van der Waals surface area (Å²) in [4.78, 5) is 25.4. The first-order valence-corrected chi connectivity index (χ1v) is 7.30. The zero-order valence-electron chi connectivity index (χ0n) is 12.5. The Morgan fingerprint density at radius 2 is 2.19 bits per heavy atom. The van der Waals surface area contributed by atoms with Gasteiger partial charge in [0.15, 0.2) is 0 Å². The highest BCUT2D eigenvalue weighted by atomic mass is 16.5. The summed E-state index contributed by atoms with van der Waals surface area (Å²) in [7, 11) is 1.94. The Morgan fingerprint density at radius 3 is 2.81 bits per heavy atom. The van der Waals surface area contributed by atoms with Crippen molar-refractivity contribution in [2.75, 3.05) is 33.3 Å². The monoisotopic (exact) mass is 297 g/mol. The van der Waals surface area contributed by atoms with E-state index in [2.05, 4.69) is 15.5 Å². The SMILES string of the molecule is CCOC(=O)C1=C(CN(C)CC2CC(O)C2)NC(=O)NC1. The number of likely N-dealkylation sites (N-methyl/N-ethyl adjacent to an activating group) is 1. The number of carbonyl (C=O) groups excluding carboxylic acids is 2. The summed E-state index contributed by atoms with van der Waals surface area (Å²) in [5.74, 6) is 0.0847. The highest BCUT2D eigenvalue weighted by molar-refractivity contribution is 5.93. The molecular formula is C14H23N3O4. The highest BCUT2D eigenvalue weighted by Gasteiger charge is 2.29. The van der Waals surface area contributed by atoms with Gasteiger partial charge in [-0.15, -0.1) is 0 Å². The van der Waals surface area contributed by atoms with Crippen molar-refractivity contribution in [1.82, 2.24) is 15.5 Å². The zero-order chi connectivity index (χ0) is 15.4. The fraction of sp³-hybridized carbons (Fsp3) is 0.714. The molecule has 21 heavy (non-hydrogen) atoms. The molecule has 1 fully saturated rings. The molecule has 3 N–H and O–H groups in total. The predicted molar refractivity (Wildman–Crippen MR) is 76.4 cm³/mol. The van der Waals surface area contributed by atoms with Crippen molar-refractivity contribution in [2.45, 2.75) is 25.9 Å². The van der Waals surface area contributed by atoms with Crippen LogP contribution in [0.25, 0.3) is 0 Å². The fourth-order valence-corrected chi connectivity index (χ4v) is 2.71. The van der Waals surface area contributed by atoms with Gasteiger partial charge in [0.1, 0.15) is 0 Å². The van der Waals surface area contributed by atoms with Gasteiger partial charge < -0.3 is 25.4 Å². The van der Waals surface area contributed by atoms with E-state index < -0.39 is 5.97 Å². The van der Waals surface area contributed by atoms with Crippen molar-refractivity contribution in [3.63, 3.8) is 0 Å². The number of urea groups is 1. The maximum absolute atomic E-state index is 11.9. The van der Waals surface area contributed by atoms with Crippen LogP contribution in [0.5, 0.6) is 0 Å². The number of ether oxygens (including phenoxy) is 1. The number of hydrogen-bond acceptors (Lipinski definition) is 5. The molecule has 2 amide bonds. The predicted octanol–water partition coefficient (Wildman–Crippen LogP) is -0.181. The van der Waals surface area contributed by atoms with E-state index in [9.17, 15) is 14.7 Å². The van der Waals surface area contributed by atoms with Gasteiger partial charge in [0.2, 0.25) is 0 Å². The quantitative estimate of drug-likeness (QED) is 0.592. The van der Waals surface area contributed by atoms with Crippen LogP contribution in [0.15, 0.2) is 11.3 Å². The Hall–Kier alpha value is -1.60. The molecule has 1 aliphatic heterocycles. The largest absolute Gasteiger partial charge is 0.463 e. The molecule has 7 heteroatoms. The third kappa shape index (κ3) is 4.18. The Kier molecular flexibility index (Phi) is 5.19. The number of amides is 2. The molecule has 2 rings (SSSR count). The molecule has 0 atom stereocenters. The van der Waals surface area contributed by atoms with Crippen molar-refractivity contribution in [3.8, 4) is 0 Å². The van der Waals surface area contributed by atoms with E-state index in [4.69, 9.17) is 4.74 Å². The second kappa shape index (κ2) is 6.91. The summed E-state index contributed by atoms with van der Waals surface area (Å²) < 4.78 is 5.02. The number of aliphatic hydroxyl groups is 1. The van der Waals surface area contributed by atoms with E-state index in [1.165, 1.54) is 0 Å². The van der Waals surface area contributed by atoms with E-state index in [0.717, 1.165) is 19.4 Å². The summed E-state index contributed by atoms with van der Waals surface area (Å²) in [5, 5.41) is 14.6. The molecule has 0 aromatic rings. The molecule has 7 nitrogen and oxygen atoms in total. The molecule has 0 bridgehead atoms. The number of esters is 1. The molecule has 1 aliphatic carbocycles. The Balaban J connectivity index is 1.97. The Bertz CT molecular complexity index is 444. The topological polar surface area (TPSA) is 90.9 Å². The number of nitrogens with zero attached hydrogens (tertiary/aromatic N) is 1. The molecule has 0 radical (unpaired) electrons. The molecule has 0 aromatic heterocycles. The lowest BCUT2D eigenvalue weighted by molar-refractivity contribution is -0.138. The molecule has 0 spiro atoms. The third-order valence-corrected chi connectivity index (χ3v) is 3.78. The highest BCUT2D eigenvalue weighted by Crippen LogP contribution is 2.27. The lowest BCUT2D eigenvalue weighted by Crippen LogP contribution is -2.47. The van der Waals surface area contributed by atoms with Crippen LogP contribution in [0.3, 0.4) is 0 Å². The van der Waals surface area contributed by atoms with E-state index in [1.54, 1.807) is 6.92 Å². The van der Waals surface area contributed by atoms with Gasteiger partial charge in [-0.1, -0.05) is 0 Å². The summed E-state index contributed by atoms with van der Waals surface area (Å²) in [6.07, 6.45) is 1.47. The first kappa shape index (κ1) is 15.8. The minimum atomic E-state index is -0.396. The Labute approximate surface area is 124 Å². The molecule has 0 saturated heterocycles. The van der Waals surface area contributed by atoms with Gasteiger partial charge in [0.05, 0.1) is 24.8 Å². The van der Waals surface area contributed by atoms with Gasteiger partial charge in [-0.05, 0) is 32.7 Å². The van der Waals surface area contributed by atoms with Crippen molar-refractivity contribution in [2.24, 2.45) is 5.92 Å². The average molecular weight is 297 g/mol. The van der Waals surface area contributed by atoms with Crippen LogP contribution in [0.4, 0.5) is 4.79 Å². The molecule has 0 aromatic carbocycles. The molecular weight excluding hydrogens is 274 g/mol. The van der Waals surface area contributed by atoms with E-state index in [0.29, 0.717) is 30.3 Å². The number of nitrogens with one attached hydrogen (secondary N) is 2. The van der Waals surface area contributed by atoms with Gasteiger partial charge >= 0.3 is 12.0 Å². The number of hydrogen-bond donors (Lipinski definition) is 3. The van der Waals surface area contributed by atoms with Crippen LogP contribution in [0.2, 0.25) is 0 Å². The van der Waals surface area contributed by atoms with Crippen molar-refractivity contribution in [3.05, 3.63) is 11.3 Å². The lowest BCUT2D eigenvalue weighted by Gasteiger charge is -2.35.